The molecule has 0 bridgehead atoms. The molecule has 1 rings (SSSR count). The molecule has 1 atom stereocenters. The largest absolute Gasteiger partial charge is 0.349 e. The smallest absolute Gasteiger partial charge is 0.226 e. The summed E-state index contributed by atoms with van der Waals surface area (Å²) in [7, 11) is 3.55. The van der Waals surface area contributed by atoms with E-state index in [-0.39, 0.29) is 23.7 Å². The fourth-order valence-corrected chi connectivity index (χ4v) is 2.12. The van der Waals surface area contributed by atoms with Gasteiger partial charge in [0.2, 0.25) is 11.8 Å². The number of carbonyl (C=O) groups excluding carboxylic acids is 2. The van der Waals surface area contributed by atoms with E-state index in [4.69, 9.17) is 5.73 Å². The third kappa shape index (κ3) is 3.43. The molecular weight excluding hydrogens is 218 g/mol. The maximum absolute atomic E-state index is 11.9. The van der Waals surface area contributed by atoms with Crippen molar-refractivity contribution < 1.29 is 9.59 Å². The highest BCUT2D eigenvalue weighted by atomic mass is 16.2. The average Bonchev–Trinajstić information content (AvgIpc) is 2.36. The topological polar surface area (TPSA) is 66.6 Å². The number of carbonyl (C=O) groups is 2. The minimum atomic E-state index is -0.115. The Morgan fingerprint density at radius 3 is 2.29 bits per heavy atom. The van der Waals surface area contributed by atoms with Gasteiger partial charge in [-0.1, -0.05) is 6.92 Å². The molecule has 1 fully saturated rings. The van der Waals surface area contributed by atoms with E-state index in [0.717, 1.165) is 12.8 Å². The maximum atomic E-state index is 11.9. The van der Waals surface area contributed by atoms with Gasteiger partial charge in [-0.3, -0.25) is 9.59 Å². The lowest BCUT2D eigenvalue weighted by atomic mass is 9.94. The van der Waals surface area contributed by atoms with Crippen LogP contribution < -0.4 is 5.73 Å². The van der Waals surface area contributed by atoms with Crippen molar-refractivity contribution in [2.45, 2.75) is 19.8 Å². The summed E-state index contributed by atoms with van der Waals surface area (Å²) in [5.41, 5.74) is 5.49. The zero-order valence-electron chi connectivity index (χ0n) is 11.0. The number of likely N-dealkylation sites (tertiary alicyclic amines) is 1. The molecule has 1 saturated heterocycles. The Morgan fingerprint density at radius 1 is 1.35 bits per heavy atom. The fourth-order valence-electron chi connectivity index (χ4n) is 2.12. The summed E-state index contributed by atoms with van der Waals surface area (Å²) in [6.45, 7) is 3.58. The number of rotatable bonds is 3. The molecule has 98 valence electrons. The van der Waals surface area contributed by atoms with E-state index in [9.17, 15) is 9.59 Å². The molecule has 1 aliphatic rings. The van der Waals surface area contributed by atoms with Gasteiger partial charge < -0.3 is 15.5 Å². The lowest BCUT2D eigenvalue weighted by Gasteiger charge is -2.33. The predicted octanol–water partition coefficient (Wildman–Crippen LogP) is -0.0920. The quantitative estimate of drug-likeness (QED) is 0.751. The first kappa shape index (κ1) is 14.0. The molecule has 1 aliphatic heterocycles. The highest BCUT2D eigenvalue weighted by molar-refractivity contribution is 5.80. The molecule has 0 aromatic rings. The van der Waals surface area contributed by atoms with Crippen LogP contribution in [0.25, 0.3) is 0 Å². The summed E-state index contributed by atoms with van der Waals surface area (Å²) in [6.07, 6.45) is 1.53. The minimum Gasteiger partial charge on any atom is -0.349 e. The predicted molar refractivity (Wildman–Crippen MR) is 66.2 cm³/mol. The Labute approximate surface area is 103 Å². The second-order valence-corrected chi connectivity index (χ2v) is 4.97. The van der Waals surface area contributed by atoms with Gasteiger partial charge in [0, 0.05) is 45.6 Å². The second-order valence-electron chi connectivity index (χ2n) is 4.97. The first-order valence-corrected chi connectivity index (χ1v) is 6.17. The second kappa shape index (κ2) is 6.00. The fraction of sp³-hybridized carbons (Fsp3) is 0.833. The summed E-state index contributed by atoms with van der Waals surface area (Å²) in [5.74, 6) is 0.241. The molecule has 0 aliphatic carbocycles. The molecular formula is C12H23N3O2. The van der Waals surface area contributed by atoms with E-state index < -0.39 is 0 Å². The molecule has 5 heteroatoms. The minimum absolute atomic E-state index is 0.0715. The molecule has 0 saturated carbocycles. The SMILES string of the molecule is CC(CN)C(=O)N1CCC(C(=O)N(C)C)CC1. The van der Waals surface area contributed by atoms with Crippen molar-refractivity contribution in [3.05, 3.63) is 0 Å². The number of nitrogens with zero attached hydrogens (tertiary/aromatic N) is 2. The zero-order chi connectivity index (χ0) is 13.0. The average molecular weight is 241 g/mol. The van der Waals surface area contributed by atoms with Crippen LogP contribution in [-0.2, 0) is 9.59 Å². The molecule has 0 aromatic carbocycles. The molecule has 0 aromatic heterocycles. The normalized spacial score (nSPS) is 18.9. The lowest BCUT2D eigenvalue weighted by Crippen LogP contribution is -2.45. The number of nitrogens with two attached hydrogens (primary N) is 1. The van der Waals surface area contributed by atoms with E-state index in [0.29, 0.717) is 19.6 Å². The van der Waals surface area contributed by atoms with Gasteiger partial charge in [-0.25, -0.2) is 0 Å². The Kier molecular flexibility index (Phi) is 4.93. The van der Waals surface area contributed by atoms with Crippen LogP contribution in [-0.4, -0.2) is 55.3 Å². The Hall–Kier alpha value is -1.10. The van der Waals surface area contributed by atoms with Crippen LogP contribution in [0.3, 0.4) is 0 Å². The van der Waals surface area contributed by atoms with Crippen LogP contribution in [0, 0.1) is 11.8 Å². The molecule has 17 heavy (non-hydrogen) atoms. The number of hydrogen-bond donors (Lipinski definition) is 1. The van der Waals surface area contributed by atoms with Gasteiger partial charge in [-0.15, -0.1) is 0 Å². The molecule has 1 heterocycles. The summed E-state index contributed by atoms with van der Waals surface area (Å²) in [5, 5.41) is 0. The summed E-state index contributed by atoms with van der Waals surface area (Å²) in [6, 6.07) is 0. The number of piperidine rings is 1. The van der Waals surface area contributed by atoms with Gasteiger partial charge in [0.25, 0.3) is 0 Å². The van der Waals surface area contributed by atoms with E-state index in [1.54, 1.807) is 19.0 Å². The lowest BCUT2D eigenvalue weighted by molar-refractivity contribution is -0.140. The zero-order valence-corrected chi connectivity index (χ0v) is 11.0. The van der Waals surface area contributed by atoms with Crippen molar-refractivity contribution in [1.82, 2.24) is 9.80 Å². The molecule has 0 spiro atoms. The highest BCUT2D eigenvalue weighted by Crippen LogP contribution is 2.20. The van der Waals surface area contributed by atoms with Crippen LogP contribution in [0.1, 0.15) is 19.8 Å². The van der Waals surface area contributed by atoms with E-state index in [2.05, 4.69) is 0 Å². The first-order chi connectivity index (χ1) is 7.97. The van der Waals surface area contributed by atoms with Crippen molar-refractivity contribution >= 4 is 11.8 Å². The van der Waals surface area contributed by atoms with Crippen LogP contribution in [0.15, 0.2) is 0 Å². The molecule has 5 nitrogen and oxygen atoms in total. The van der Waals surface area contributed by atoms with E-state index in [1.165, 1.54) is 0 Å². The number of hydrogen-bond acceptors (Lipinski definition) is 3. The van der Waals surface area contributed by atoms with Crippen molar-refractivity contribution in [1.29, 1.82) is 0 Å². The van der Waals surface area contributed by atoms with Crippen LogP contribution in [0.2, 0.25) is 0 Å². The van der Waals surface area contributed by atoms with Crippen molar-refractivity contribution in [3.63, 3.8) is 0 Å². The summed E-state index contributed by atoms with van der Waals surface area (Å²) < 4.78 is 0. The monoisotopic (exact) mass is 241 g/mol. The van der Waals surface area contributed by atoms with Gasteiger partial charge >= 0.3 is 0 Å². The molecule has 0 radical (unpaired) electrons. The summed E-state index contributed by atoms with van der Waals surface area (Å²) in [4.78, 5) is 27.1. The highest BCUT2D eigenvalue weighted by Gasteiger charge is 2.29. The third-order valence-electron chi connectivity index (χ3n) is 3.37. The standard InChI is InChI=1S/C12H23N3O2/c1-9(8-13)11(16)15-6-4-10(5-7-15)12(17)14(2)3/h9-10H,4-8,13H2,1-3H3. The summed E-state index contributed by atoms with van der Waals surface area (Å²) >= 11 is 0. The van der Waals surface area contributed by atoms with Gasteiger partial charge in [0.05, 0.1) is 0 Å². The Bertz CT molecular complexity index is 283. The van der Waals surface area contributed by atoms with Crippen molar-refractivity contribution in [3.8, 4) is 0 Å². The van der Waals surface area contributed by atoms with Crippen LogP contribution in [0.5, 0.6) is 0 Å². The van der Waals surface area contributed by atoms with Gasteiger partial charge in [-0.2, -0.15) is 0 Å². The van der Waals surface area contributed by atoms with E-state index in [1.807, 2.05) is 11.8 Å². The Morgan fingerprint density at radius 2 is 1.88 bits per heavy atom. The molecule has 1 unspecified atom stereocenters. The van der Waals surface area contributed by atoms with Gasteiger partial charge in [-0.05, 0) is 12.8 Å². The first-order valence-electron chi connectivity index (χ1n) is 6.17. The Balaban J connectivity index is 2.46. The molecule has 2 amide bonds. The van der Waals surface area contributed by atoms with Gasteiger partial charge in [0.1, 0.15) is 0 Å². The van der Waals surface area contributed by atoms with Crippen molar-refractivity contribution in [2.75, 3.05) is 33.7 Å². The van der Waals surface area contributed by atoms with Gasteiger partial charge in [0.15, 0.2) is 0 Å². The van der Waals surface area contributed by atoms with Crippen LogP contribution >= 0.6 is 0 Å². The van der Waals surface area contributed by atoms with Crippen LogP contribution in [0.4, 0.5) is 0 Å². The number of amides is 2. The third-order valence-corrected chi connectivity index (χ3v) is 3.37. The van der Waals surface area contributed by atoms with Crippen molar-refractivity contribution in [2.24, 2.45) is 17.6 Å². The molecule has 2 N–H and O–H groups in total. The maximum Gasteiger partial charge on any atom is 0.226 e. The van der Waals surface area contributed by atoms with E-state index >= 15 is 0 Å².